The summed E-state index contributed by atoms with van der Waals surface area (Å²) in [4.78, 5) is 43.0. The molecule has 3 atom stereocenters. The molecule has 1 aromatic carbocycles. The van der Waals surface area contributed by atoms with Crippen molar-refractivity contribution in [1.82, 2.24) is 20.3 Å². The number of nitrogens with zero attached hydrogens (tertiary/aromatic N) is 3. The number of carbonyl (C=O) groups is 3. The fraction of sp³-hybridized carbons (Fsp3) is 0.586. The predicted octanol–water partition coefficient (Wildman–Crippen LogP) is 4.13. The van der Waals surface area contributed by atoms with Gasteiger partial charge in [-0.2, -0.15) is 0 Å². The molecule has 1 aromatic heterocycles. The molecule has 1 fully saturated rings. The zero-order chi connectivity index (χ0) is 29.7. The van der Waals surface area contributed by atoms with Crippen LogP contribution in [0.5, 0.6) is 5.75 Å². The fourth-order valence-corrected chi connectivity index (χ4v) is 5.37. The fourth-order valence-electron chi connectivity index (χ4n) is 5.37. The molecule has 2 aromatic rings. The molecular weight excluding hydrogens is 528 g/mol. The summed E-state index contributed by atoms with van der Waals surface area (Å²) in [6, 6.07) is 3.96. The molecule has 0 radical (unpaired) electrons. The number of anilines is 2. The van der Waals surface area contributed by atoms with Crippen molar-refractivity contribution in [3.05, 3.63) is 35.2 Å². The van der Waals surface area contributed by atoms with E-state index < -0.39 is 18.2 Å². The first kappa shape index (κ1) is 30.2. The molecule has 0 bridgehead atoms. The van der Waals surface area contributed by atoms with Gasteiger partial charge in [0.1, 0.15) is 17.5 Å². The molecule has 0 saturated heterocycles. The molecule has 5 amide bonds. The SMILES string of the molecule is Cc1noc(C)c1NC(=O)Nc1cccc2c1O[C@@H](CN(C)C(=O)NC1CCCCC1)[C@@H](C)CN([C@H](C)CO)C2=O. The zero-order valence-electron chi connectivity index (χ0n) is 24.5. The normalized spacial score (nSPS) is 20.2. The van der Waals surface area contributed by atoms with E-state index in [9.17, 15) is 19.5 Å². The van der Waals surface area contributed by atoms with Crippen molar-refractivity contribution >= 4 is 29.3 Å². The highest BCUT2D eigenvalue weighted by molar-refractivity contribution is 6.04. The Kier molecular flexibility index (Phi) is 9.74. The number of aliphatic hydroxyl groups excluding tert-OH is 1. The Morgan fingerprint density at radius 2 is 1.93 bits per heavy atom. The van der Waals surface area contributed by atoms with Crippen molar-refractivity contribution in [2.24, 2.45) is 5.92 Å². The van der Waals surface area contributed by atoms with Crippen LogP contribution in [-0.4, -0.2) is 83.0 Å². The molecule has 4 rings (SSSR count). The molecule has 2 heterocycles. The van der Waals surface area contributed by atoms with Gasteiger partial charge in [0, 0.05) is 25.6 Å². The van der Waals surface area contributed by atoms with Crippen LogP contribution in [0, 0.1) is 19.8 Å². The van der Waals surface area contributed by atoms with Gasteiger partial charge in [-0.05, 0) is 45.7 Å². The van der Waals surface area contributed by atoms with Gasteiger partial charge in [0.25, 0.3) is 5.91 Å². The van der Waals surface area contributed by atoms with E-state index in [0.717, 1.165) is 25.7 Å². The van der Waals surface area contributed by atoms with Crippen molar-refractivity contribution < 1.29 is 28.8 Å². The molecule has 0 spiro atoms. The number of urea groups is 2. The molecule has 12 heteroatoms. The second kappa shape index (κ2) is 13.2. The summed E-state index contributed by atoms with van der Waals surface area (Å²) in [5.41, 5.74) is 1.54. The van der Waals surface area contributed by atoms with Crippen LogP contribution in [0.2, 0.25) is 0 Å². The zero-order valence-corrected chi connectivity index (χ0v) is 24.5. The van der Waals surface area contributed by atoms with Crippen molar-refractivity contribution in [2.45, 2.75) is 78.0 Å². The molecule has 12 nitrogen and oxygen atoms in total. The molecule has 2 aliphatic rings. The second-order valence-electron chi connectivity index (χ2n) is 11.2. The van der Waals surface area contributed by atoms with Crippen LogP contribution in [0.15, 0.2) is 22.7 Å². The summed E-state index contributed by atoms with van der Waals surface area (Å²) in [5.74, 6) is 0.156. The lowest BCUT2D eigenvalue weighted by Gasteiger charge is -2.38. The quantitative estimate of drug-likeness (QED) is 0.391. The van der Waals surface area contributed by atoms with Crippen LogP contribution in [-0.2, 0) is 0 Å². The average molecular weight is 571 g/mol. The second-order valence-corrected chi connectivity index (χ2v) is 11.2. The van der Waals surface area contributed by atoms with Crippen LogP contribution in [0.4, 0.5) is 21.0 Å². The number of likely N-dealkylation sites (N-methyl/N-ethyl adjacent to an activating group) is 1. The van der Waals surface area contributed by atoms with E-state index in [-0.39, 0.29) is 48.4 Å². The molecule has 4 N–H and O–H groups in total. The van der Waals surface area contributed by atoms with Gasteiger partial charge in [-0.3, -0.25) is 4.79 Å². The number of rotatable bonds is 7. The molecule has 1 saturated carbocycles. The Morgan fingerprint density at radius 1 is 1.20 bits per heavy atom. The molecule has 224 valence electrons. The minimum Gasteiger partial charge on any atom is -0.485 e. The minimum absolute atomic E-state index is 0.167. The smallest absolute Gasteiger partial charge is 0.323 e. The number of amides is 5. The largest absolute Gasteiger partial charge is 0.485 e. The third-order valence-corrected chi connectivity index (χ3v) is 7.94. The number of aliphatic hydroxyl groups is 1. The van der Waals surface area contributed by atoms with Crippen molar-refractivity contribution in [3.63, 3.8) is 0 Å². The van der Waals surface area contributed by atoms with Crippen molar-refractivity contribution in [2.75, 3.05) is 37.4 Å². The van der Waals surface area contributed by atoms with Crippen LogP contribution < -0.4 is 20.7 Å². The third kappa shape index (κ3) is 7.10. The molecule has 1 aliphatic heterocycles. The minimum atomic E-state index is -0.555. The first-order valence-corrected chi connectivity index (χ1v) is 14.3. The average Bonchev–Trinajstić information content (AvgIpc) is 3.27. The van der Waals surface area contributed by atoms with E-state index >= 15 is 0 Å². The van der Waals surface area contributed by atoms with E-state index in [4.69, 9.17) is 9.26 Å². The van der Waals surface area contributed by atoms with E-state index in [1.54, 1.807) is 55.8 Å². The Bertz CT molecular complexity index is 1220. The van der Waals surface area contributed by atoms with Crippen molar-refractivity contribution in [3.8, 4) is 5.75 Å². The number of aryl methyl sites for hydroxylation is 2. The third-order valence-electron chi connectivity index (χ3n) is 7.94. The number of fused-ring (bicyclic) bond motifs is 1. The van der Waals surface area contributed by atoms with Gasteiger partial charge < -0.3 is 40.1 Å². The van der Waals surface area contributed by atoms with Crippen LogP contribution >= 0.6 is 0 Å². The van der Waals surface area contributed by atoms with E-state index in [1.807, 2.05) is 6.92 Å². The monoisotopic (exact) mass is 570 g/mol. The topological polar surface area (TPSA) is 149 Å². The predicted molar refractivity (Wildman–Crippen MR) is 154 cm³/mol. The Morgan fingerprint density at radius 3 is 2.59 bits per heavy atom. The van der Waals surface area contributed by atoms with E-state index in [2.05, 4.69) is 21.1 Å². The van der Waals surface area contributed by atoms with Gasteiger partial charge in [-0.15, -0.1) is 0 Å². The number of benzene rings is 1. The molecular formula is C29H42N6O6. The summed E-state index contributed by atoms with van der Waals surface area (Å²) in [5, 5.41) is 22.5. The van der Waals surface area contributed by atoms with Crippen LogP contribution in [0.25, 0.3) is 0 Å². The number of nitrogens with one attached hydrogen (secondary N) is 3. The van der Waals surface area contributed by atoms with Gasteiger partial charge in [0.2, 0.25) is 0 Å². The highest BCUT2D eigenvalue weighted by Gasteiger charge is 2.35. The molecule has 0 unspecified atom stereocenters. The maximum atomic E-state index is 13.7. The maximum absolute atomic E-state index is 13.7. The van der Waals surface area contributed by atoms with E-state index in [0.29, 0.717) is 29.4 Å². The summed E-state index contributed by atoms with van der Waals surface area (Å²) in [6.45, 7) is 7.52. The lowest BCUT2D eigenvalue weighted by atomic mass is 9.96. The lowest BCUT2D eigenvalue weighted by molar-refractivity contribution is 0.0368. The number of carbonyl (C=O) groups excluding carboxylic acids is 3. The first-order valence-electron chi connectivity index (χ1n) is 14.3. The standard InChI is InChI=1S/C29H42N6O6/c1-17-14-35(18(2)16-36)27(37)22-12-9-13-23(31-28(38)32-25-19(3)33-41-20(25)4)26(22)40-24(17)15-34(5)29(39)30-21-10-7-6-8-11-21/h9,12-13,17-18,21,24,36H,6-8,10-11,14-16H2,1-5H3,(H,30,39)(H2,31,32,38)/t17-,18+,24-/m0/s1. The Balaban J connectivity index is 1.60. The highest BCUT2D eigenvalue weighted by Crippen LogP contribution is 2.35. The Hall–Kier alpha value is -3.80. The Labute approximate surface area is 240 Å². The van der Waals surface area contributed by atoms with E-state index in [1.165, 1.54) is 6.42 Å². The van der Waals surface area contributed by atoms with Gasteiger partial charge >= 0.3 is 12.1 Å². The number of hydrogen-bond acceptors (Lipinski definition) is 7. The van der Waals surface area contributed by atoms with Gasteiger partial charge in [-0.1, -0.05) is 37.4 Å². The van der Waals surface area contributed by atoms with Crippen LogP contribution in [0.1, 0.15) is 67.8 Å². The summed E-state index contributed by atoms with van der Waals surface area (Å²) < 4.78 is 11.6. The van der Waals surface area contributed by atoms with Gasteiger partial charge in [-0.25, -0.2) is 9.59 Å². The summed E-state index contributed by atoms with van der Waals surface area (Å²) >= 11 is 0. The molecule has 41 heavy (non-hydrogen) atoms. The number of hydrogen-bond donors (Lipinski definition) is 4. The number of para-hydroxylation sites is 1. The summed E-state index contributed by atoms with van der Waals surface area (Å²) in [6.07, 6.45) is 4.87. The number of ether oxygens (including phenoxy) is 1. The highest BCUT2D eigenvalue weighted by atomic mass is 16.5. The van der Waals surface area contributed by atoms with Gasteiger partial charge in [0.05, 0.1) is 30.4 Å². The maximum Gasteiger partial charge on any atom is 0.323 e. The molecule has 1 aliphatic carbocycles. The van der Waals surface area contributed by atoms with Gasteiger partial charge in [0.15, 0.2) is 11.5 Å². The lowest BCUT2D eigenvalue weighted by Crippen LogP contribution is -2.52. The number of aromatic nitrogens is 1. The summed E-state index contributed by atoms with van der Waals surface area (Å²) in [7, 11) is 1.73. The first-order chi connectivity index (χ1) is 19.6. The van der Waals surface area contributed by atoms with Crippen molar-refractivity contribution in [1.29, 1.82) is 0 Å². The van der Waals surface area contributed by atoms with Crippen LogP contribution in [0.3, 0.4) is 0 Å².